The Bertz CT molecular complexity index is 130. The molecule has 0 fully saturated rings. The lowest BCUT2D eigenvalue weighted by atomic mass is 10.5. The van der Waals surface area contributed by atoms with Gasteiger partial charge in [-0.1, -0.05) is 6.08 Å². The van der Waals surface area contributed by atoms with Crippen LogP contribution < -0.4 is 0 Å². The van der Waals surface area contributed by atoms with Gasteiger partial charge in [0.25, 0.3) is 0 Å². The number of rotatable bonds is 6. The zero-order valence-corrected chi connectivity index (χ0v) is 6.69. The molecular formula is C7H11NOS. The Morgan fingerprint density at radius 3 is 3.10 bits per heavy atom. The zero-order chi connectivity index (χ0) is 7.66. The maximum Gasteiger partial charge on any atom is 0.0644 e. The summed E-state index contributed by atoms with van der Waals surface area (Å²) in [5.74, 6) is 0. The van der Waals surface area contributed by atoms with E-state index in [9.17, 15) is 0 Å². The lowest BCUT2D eigenvalue weighted by Gasteiger charge is -1.95. The second-order valence-corrected chi connectivity index (χ2v) is 1.87. The maximum atomic E-state index is 5.09. The molecule has 0 heterocycles. The first-order valence-corrected chi connectivity index (χ1v) is 3.55. The quantitative estimate of drug-likeness (QED) is 0.253. The van der Waals surface area contributed by atoms with Crippen LogP contribution in [0.1, 0.15) is 6.42 Å². The highest BCUT2D eigenvalue weighted by molar-refractivity contribution is 7.78. The maximum absolute atomic E-state index is 5.09. The van der Waals surface area contributed by atoms with Gasteiger partial charge in [0.15, 0.2) is 0 Å². The molecule has 0 rings (SSSR count). The third kappa shape index (κ3) is 7.50. The number of nitrogens with zero attached hydrogens (tertiary/aromatic N) is 1. The molecule has 0 saturated heterocycles. The molecule has 0 aliphatic rings. The summed E-state index contributed by atoms with van der Waals surface area (Å²) in [6, 6.07) is 0. The van der Waals surface area contributed by atoms with Crippen molar-refractivity contribution < 1.29 is 4.74 Å². The first-order chi connectivity index (χ1) is 4.91. The summed E-state index contributed by atoms with van der Waals surface area (Å²) in [4.78, 5) is 3.73. The molecule has 56 valence electrons. The monoisotopic (exact) mass is 157 g/mol. The topological polar surface area (TPSA) is 21.6 Å². The average molecular weight is 157 g/mol. The summed E-state index contributed by atoms with van der Waals surface area (Å²) in [5.41, 5.74) is 0. The van der Waals surface area contributed by atoms with Crippen LogP contribution in [0.2, 0.25) is 0 Å². The van der Waals surface area contributed by atoms with Crippen LogP contribution in [0.5, 0.6) is 0 Å². The summed E-state index contributed by atoms with van der Waals surface area (Å²) in [5, 5.41) is 2.29. The minimum atomic E-state index is 0.612. The highest BCUT2D eigenvalue weighted by atomic mass is 32.1. The molecular weight excluding hydrogens is 146 g/mol. The highest BCUT2D eigenvalue weighted by Crippen LogP contribution is 1.82. The Balaban J connectivity index is 2.90. The van der Waals surface area contributed by atoms with Crippen LogP contribution in [-0.2, 0) is 4.74 Å². The van der Waals surface area contributed by atoms with Crippen LogP contribution in [0.3, 0.4) is 0 Å². The zero-order valence-electron chi connectivity index (χ0n) is 5.88. The van der Waals surface area contributed by atoms with Gasteiger partial charge < -0.3 is 4.74 Å². The molecule has 10 heavy (non-hydrogen) atoms. The van der Waals surface area contributed by atoms with Crippen molar-refractivity contribution in [2.75, 3.05) is 19.8 Å². The van der Waals surface area contributed by atoms with Crippen molar-refractivity contribution in [1.29, 1.82) is 0 Å². The van der Waals surface area contributed by atoms with E-state index in [2.05, 4.69) is 29.0 Å². The lowest BCUT2D eigenvalue weighted by molar-refractivity contribution is 0.161. The smallest absolute Gasteiger partial charge is 0.0644 e. The van der Waals surface area contributed by atoms with E-state index in [0.717, 1.165) is 6.42 Å². The molecule has 0 aromatic heterocycles. The van der Waals surface area contributed by atoms with E-state index in [1.165, 1.54) is 0 Å². The van der Waals surface area contributed by atoms with Crippen molar-refractivity contribution in [3.63, 3.8) is 0 Å². The van der Waals surface area contributed by atoms with Gasteiger partial charge >= 0.3 is 0 Å². The molecule has 0 radical (unpaired) electrons. The minimum absolute atomic E-state index is 0.612. The summed E-state index contributed by atoms with van der Waals surface area (Å²) < 4.78 is 5.09. The SMILES string of the molecule is C=CCOCCCN=C=S. The van der Waals surface area contributed by atoms with E-state index in [4.69, 9.17) is 4.74 Å². The van der Waals surface area contributed by atoms with Gasteiger partial charge in [0.05, 0.1) is 18.3 Å². The van der Waals surface area contributed by atoms with E-state index in [1.807, 2.05) is 0 Å². The fourth-order valence-electron chi connectivity index (χ4n) is 0.458. The highest BCUT2D eigenvalue weighted by Gasteiger charge is 1.82. The van der Waals surface area contributed by atoms with E-state index < -0.39 is 0 Å². The van der Waals surface area contributed by atoms with E-state index >= 15 is 0 Å². The van der Waals surface area contributed by atoms with Crippen molar-refractivity contribution in [1.82, 2.24) is 0 Å². The van der Waals surface area contributed by atoms with Crippen LogP contribution in [0.4, 0.5) is 0 Å². The minimum Gasteiger partial charge on any atom is -0.377 e. The largest absolute Gasteiger partial charge is 0.377 e. The second kappa shape index (κ2) is 8.50. The summed E-state index contributed by atoms with van der Waals surface area (Å²) in [7, 11) is 0. The van der Waals surface area contributed by atoms with Gasteiger partial charge in [-0.15, -0.1) is 6.58 Å². The van der Waals surface area contributed by atoms with Crippen LogP contribution in [0.15, 0.2) is 17.6 Å². The first kappa shape index (κ1) is 9.50. The van der Waals surface area contributed by atoms with E-state index in [1.54, 1.807) is 6.08 Å². The number of aliphatic imine (C=N–C) groups is 1. The molecule has 0 bridgehead atoms. The number of isothiocyanates is 1. The molecule has 0 N–H and O–H groups in total. The van der Waals surface area contributed by atoms with Crippen LogP contribution in [0, 0.1) is 0 Å². The van der Waals surface area contributed by atoms with Gasteiger partial charge in [-0.05, 0) is 18.6 Å². The van der Waals surface area contributed by atoms with Gasteiger partial charge in [-0.25, -0.2) is 4.99 Å². The second-order valence-electron chi connectivity index (χ2n) is 1.69. The van der Waals surface area contributed by atoms with Gasteiger partial charge in [0.2, 0.25) is 0 Å². The van der Waals surface area contributed by atoms with Crippen LogP contribution >= 0.6 is 12.2 Å². The van der Waals surface area contributed by atoms with Crippen molar-refractivity contribution in [2.24, 2.45) is 4.99 Å². The van der Waals surface area contributed by atoms with Crippen LogP contribution in [-0.4, -0.2) is 24.9 Å². The normalized spacial score (nSPS) is 8.40. The Kier molecular flexibility index (Phi) is 8.07. The number of thiocarbonyl (C=S) groups is 1. The molecule has 0 aliphatic heterocycles. The third-order valence-electron chi connectivity index (χ3n) is 0.859. The molecule has 0 aliphatic carbocycles. The van der Waals surface area contributed by atoms with Gasteiger partial charge in [0.1, 0.15) is 0 Å². The number of ether oxygens (including phenoxy) is 1. The predicted molar refractivity (Wildman–Crippen MR) is 45.5 cm³/mol. The Labute approximate surface area is 66.6 Å². The Morgan fingerprint density at radius 2 is 2.50 bits per heavy atom. The van der Waals surface area contributed by atoms with Gasteiger partial charge in [-0.3, -0.25) is 0 Å². The molecule has 0 saturated carbocycles. The molecule has 0 aromatic carbocycles. The average Bonchev–Trinajstić information content (AvgIpc) is 1.97. The fourth-order valence-corrected chi connectivity index (χ4v) is 0.549. The van der Waals surface area contributed by atoms with Crippen molar-refractivity contribution >= 4 is 17.4 Å². The van der Waals surface area contributed by atoms with Gasteiger partial charge in [0, 0.05) is 6.61 Å². The summed E-state index contributed by atoms with van der Waals surface area (Å²) in [6.45, 7) is 5.55. The van der Waals surface area contributed by atoms with E-state index in [-0.39, 0.29) is 0 Å². The molecule has 2 nitrogen and oxygen atoms in total. The fraction of sp³-hybridized carbons (Fsp3) is 0.571. The van der Waals surface area contributed by atoms with E-state index in [0.29, 0.717) is 19.8 Å². The Morgan fingerprint density at radius 1 is 1.70 bits per heavy atom. The molecule has 0 unspecified atom stereocenters. The van der Waals surface area contributed by atoms with Gasteiger partial charge in [-0.2, -0.15) is 0 Å². The predicted octanol–water partition coefficient (Wildman–Crippen LogP) is 1.68. The third-order valence-corrected chi connectivity index (χ3v) is 0.988. The number of hydrogen-bond acceptors (Lipinski definition) is 3. The summed E-state index contributed by atoms with van der Waals surface area (Å²) in [6.07, 6.45) is 2.62. The lowest BCUT2D eigenvalue weighted by Crippen LogP contribution is -1.95. The van der Waals surface area contributed by atoms with Crippen molar-refractivity contribution in [3.8, 4) is 0 Å². The molecule has 0 spiro atoms. The van der Waals surface area contributed by atoms with Crippen molar-refractivity contribution in [3.05, 3.63) is 12.7 Å². The standard InChI is InChI=1S/C7H11NOS/c1-2-5-9-6-3-4-8-7-10/h2H,1,3-6H2. The first-order valence-electron chi connectivity index (χ1n) is 3.14. The molecule has 0 atom stereocenters. The molecule has 3 heteroatoms. The molecule has 0 amide bonds. The van der Waals surface area contributed by atoms with Crippen LogP contribution in [0.25, 0.3) is 0 Å². The Hall–Kier alpha value is -0.500. The number of hydrogen-bond donors (Lipinski definition) is 0. The molecule has 0 aromatic rings. The van der Waals surface area contributed by atoms with Crippen molar-refractivity contribution in [2.45, 2.75) is 6.42 Å². The summed E-state index contributed by atoms with van der Waals surface area (Å²) >= 11 is 4.38.